The van der Waals surface area contributed by atoms with Crippen LogP contribution in [-0.4, -0.2) is 18.2 Å². The van der Waals surface area contributed by atoms with Crippen LogP contribution in [0.2, 0.25) is 0 Å². The first-order valence-electron chi connectivity index (χ1n) is 2.46. The number of carbonyl (C=O) groups is 1. The van der Waals surface area contributed by atoms with E-state index in [-0.39, 0.29) is 5.91 Å². The minimum Gasteiger partial charge on any atom is -0.355 e. The molecule has 1 amide bonds. The lowest BCUT2D eigenvalue weighted by molar-refractivity contribution is -0.118. The summed E-state index contributed by atoms with van der Waals surface area (Å²) in [7, 11) is 0. The normalized spacial score (nSPS) is 8.56. The summed E-state index contributed by atoms with van der Waals surface area (Å²) >= 11 is 0.905. The van der Waals surface area contributed by atoms with E-state index in [1.165, 1.54) is 6.92 Å². The lowest BCUT2D eigenvalue weighted by Crippen LogP contribution is -2.22. The Bertz CT molecular complexity index is 107. The molecule has 0 heterocycles. The molecule has 1 N–H and O–H groups in total. The Morgan fingerprint density at radius 2 is 2.44 bits per heavy atom. The van der Waals surface area contributed by atoms with Gasteiger partial charge in [-0.3, -0.25) is 4.79 Å². The summed E-state index contributed by atoms with van der Waals surface area (Å²) in [6.07, 6.45) is 0. The zero-order valence-electron chi connectivity index (χ0n) is 5.09. The van der Waals surface area contributed by atoms with Crippen LogP contribution in [0.25, 0.3) is 0 Å². The van der Waals surface area contributed by atoms with Crippen LogP contribution in [0.1, 0.15) is 6.92 Å². The summed E-state index contributed by atoms with van der Waals surface area (Å²) in [6, 6.07) is 0. The molecule has 0 aliphatic carbocycles. The largest absolute Gasteiger partial charge is 0.355 e. The van der Waals surface area contributed by atoms with Gasteiger partial charge in [0.1, 0.15) is 0 Å². The molecular formula is C4H8N2O2S. The minimum atomic E-state index is -0.0819. The molecule has 0 unspecified atom stereocenters. The van der Waals surface area contributed by atoms with Gasteiger partial charge < -0.3 is 5.32 Å². The second-order valence-corrected chi connectivity index (χ2v) is 2.21. The van der Waals surface area contributed by atoms with Crippen molar-refractivity contribution >= 4 is 17.9 Å². The maximum atomic E-state index is 10.2. The Balaban J connectivity index is 2.91. The average molecular weight is 148 g/mol. The van der Waals surface area contributed by atoms with Gasteiger partial charge in [0.2, 0.25) is 5.91 Å². The lowest BCUT2D eigenvalue weighted by Gasteiger charge is -1.94. The van der Waals surface area contributed by atoms with Crippen molar-refractivity contribution in [1.82, 2.24) is 5.32 Å². The first-order chi connectivity index (χ1) is 4.27. The molecule has 0 fully saturated rings. The van der Waals surface area contributed by atoms with Crippen LogP contribution >= 0.6 is 11.9 Å². The van der Waals surface area contributed by atoms with Crippen LogP contribution in [0.5, 0.6) is 0 Å². The second-order valence-electron chi connectivity index (χ2n) is 1.39. The van der Waals surface area contributed by atoms with Gasteiger partial charge in [-0.15, -0.1) is 4.91 Å². The smallest absolute Gasteiger partial charge is 0.216 e. The number of hydrogen-bond acceptors (Lipinski definition) is 4. The van der Waals surface area contributed by atoms with Crippen molar-refractivity contribution in [3.8, 4) is 0 Å². The van der Waals surface area contributed by atoms with Gasteiger partial charge in [-0.25, -0.2) is 0 Å². The number of nitroso groups, excluding NO2 is 1. The number of rotatable bonds is 4. The van der Waals surface area contributed by atoms with Crippen LogP contribution < -0.4 is 5.32 Å². The molecule has 0 rings (SSSR count). The highest BCUT2D eigenvalue weighted by atomic mass is 32.2. The SMILES string of the molecule is CC(=O)NCCSN=O. The Hall–Kier alpha value is -0.580. The summed E-state index contributed by atoms with van der Waals surface area (Å²) in [5, 5.41) is 2.52. The molecule has 9 heavy (non-hydrogen) atoms. The number of carbonyl (C=O) groups excluding carboxylic acids is 1. The molecule has 0 spiro atoms. The van der Waals surface area contributed by atoms with E-state index in [1.807, 2.05) is 0 Å². The molecule has 0 atom stereocenters. The van der Waals surface area contributed by atoms with Gasteiger partial charge in [-0.1, -0.05) is 0 Å². The predicted octanol–water partition coefficient (Wildman–Crippen LogP) is 0.537. The first kappa shape index (κ1) is 8.42. The van der Waals surface area contributed by atoms with Crippen LogP contribution in [0, 0.1) is 4.91 Å². The highest BCUT2D eigenvalue weighted by Crippen LogP contribution is 1.96. The third-order valence-electron chi connectivity index (χ3n) is 0.620. The molecule has 0 aromatic rings. The van der Waals surface area contributed by atoms with E-state index in [1.54, 1.807) is 0 Å². The van der Waals surface area contributed by atoms with Gasteiger partial charge in [-0.2, -0.15) is 0 Å². The van der Waals surface area contributed by atoms with E-state index in [9.17, 15) is 9.70 Å². The second kappa shape index (κ2) is 5.55. The van der Waals surface area contributed by atoms with E-state index in [0.29, 0.717) is 12.3 Å². The zero-order valence-corrected chi connectivity index (χ0v) is 5.90. The van der Waals surface area contributed by atoms with E-state index < -0.39 is 0 Å². The topological polar surface area (TPSA) is 58.5 Å². The maximum absolute atomic E-state index is 10.2. The monoisotopic (exact) mass is 148 g/mol. The summed E-state index contributed by atoms with van der Waals surface area (Å²) < 4.78 is 2.55. The molecule has 0 saturated heterocycles. The van der Waals surface area contributed by atoms with Crippen LogP contribution in [0.4, 0.5) is 0 Å². The number of hydrogen-bond donors (Lipinski definition) is 1. The Kier molecular flexibility index (Phi) is 5.20. The van der Waals surface area contributed by atoms with Gasteiger partial charge in [0, 0.05) is 35.8 Å². The van der Waals surface area contributed by atoms with Gasteiger partial charge in [0.05, 0.1) is 0 Å². The van der Waals surface area contributed by atoms with Crippen molar-refractivity contribution < 1.29 is 4.79 Å². The van der Waals surface area contributed by atoms with Crippen molar-refractivity contribution in [3.05, 3.63) is 4.91 Å². The first-order valence-corrected chi connectivity index (χ1v) is 3.40. The van der Waals surface area contributed by atoms with Crippen molar-refractivity contribution in [2.24, 2.45) is 4.58 Å². The van der Waals surface area contributed by atoms with E-state index in [4.69, 9.17) is 0 Å². The van der Waals surface area contributed by atoms with E-state index in [2.05, 4.69) is 9.90 Å². The highest BCUT2D eigenvalue weighted by molar-refractivity contribution is 7.97. The molecule has 0 aromatic heterocycles. The lowest BCUT2D eigenvalue weighted by atomic mass is 10.6. The molecule has 0 saturated carbocycles. The fourth-order valence-corrected chi connectivity index (χ4v) is 0.578. The molecular weight excluding hydrogens is 140 g/mol. The third-order valence-corrected chi connectivity index (χ3v) is 1.11. The van der Waals surface area contributed by atoms with Crippen molar-refractivity contribution in [2.75, 3.05) is 12.3 Å². The molecule has 5 heteroatoms. The molecule has 52 valence electrons. The zero-order chi connectivity index (χ0) is 7.11. The van der Waals surface area contributed by atoms with Crippen LogP contribution in [0.3, 0.4) is 0 Å². The van der Waals surface area contributed by atoms with Crippen LogP contribution in [-0.2, 0) is 4.79 Å². The summed E-state index contributed by atoms with van der Waals surface area (Å²) in [6.45, 7) is 1.94. The molecule has 0 bridgehead atoms. The van der Waals surface area contributed by atoms with Gasteiger partial charge in [0.15, 0.2) is 0 Å². The Morgan fingerprint density at radius 3 is 2.89 bits per heavy atom. The van der Waals surface area contributed by atoms with E-state index in [0.717, 1.165) is 11.9 Å². The molecule has 0 aliphatic rings. The van der Waals surface area contributed by atoms with Crippen LogP contribution in [0.15, 0.2) is 4.58 Å². The minimum absolute atomic E-state index is 0.0819. The molecule has 4 nitrogen and oxygen atoms in total. The third kappa shape index (κ3) is 7.42. The summed E-state index contributed by atoms with van der Waals surface area (Å²) in [5.74, 6) is 0.463. The van der Waals surface area contributed by atoms with Crippen molar-refractivity contribution in [1.29, 1.82) is 0 Å². The van der Waals surface area contributed by atoms with E-state index >= 15 is 0 Å². The highest BCUT2D eigenvalue weighted by Gasteiger charge is 1.89. The molecule has 0 radical (unpaired) electrons. The van der Waals surface area contributed by atoms with Crippen molar-refractivity contribution in [3.63, 3.8) is 0 Å². The standard InChI is InChI=1S/C4H8N2O2S/c1-4(7)5-2-3-9-6-8/h2-3H2,1H3,(H,5,7). The number of amides is 1. The maximum Gasteiger partial charge on any atom is 0.216 e. The predicted molar refractivity (Wildman–Crippen MR) is 36.9 cm³/mol. The quantitative estimate of drug-likeness (QED) is 0.359. The van der Waals surface area contributed by atoms with Gasteiger partial charge in [0.25, 0.3) is 0 Å². The average Bonchev–Trinajstić information content (AvgIpc) is 1.80. The number of nitrogens with zero attached hydrogens (tertiary/aromatic N) is 1. The fourth-order valence-electron chi connectivity index (χ4n) is 0.310. The molecule has 0 aliphatic heterocycles. The Labute approximate surface area is 57.5 Å². The number of nitrogens with one attached hydrogen (secondary N) is 1. The molecule has 0 aromatic carbocycles. The summed E-state index contributed by atoms with van der Waals surface area (Å²) in [4.78, 5) is 19.6. The van der Waals surface area contributed by atoms with Gasteiger partial charge in [-0.05, 0) is 0 Å². The van der Waals surface area contributed by atoms with Crippen molar-refractivity contribution in [2.45, 2.75) is 6.92 Å². The summed E-state index contributed by atoms with van der Waals surface area (Å²) in [5.41, 5.74) is 0. The fraction of sp³-hybridized carbons (Fsp3) is 0.750. The Morgan fingerprint density at radius 1 is 1.78 bits per heavy atom. The van der Waals surface area contributed by atoms with Gasteiger partial charge >= 0.3 is 0 Å².